The number of hydrogen-bond donors (Lipinski definition) is 2. The van der Waals surface area contributed by atoms with Crippen LogP contribution in [0.15, 0.2) is 24.4 Å². The van der Waals surface area contributed by atoms with Gasteiger partial charge < -0.3 is 5.11 Å². The molecule has 1 aliphatic heterocycles. The van der Waals surface area contributed by atoms with Gasteiger partial charge in [0.1, 0.15) is 0 Å². The lowest BCUT2D eigenvalue weighted by molar-refractivity contribution is 0.140. The minimum atomic E-state index is -0.286. The molecule has 3 heterocycles. The first-order valence-electron chi connectivity index (χ1n) is 7.43. The lowest BCUT2D eigenvalue weighted by Crippen LogP contribution is -2.22. The number of pyridine rings is 1. The van der Waals surface area contributed by atoms with Crippen LogP contribution in [0.2, 0.25) is 0 Å². The highest BCUT2D eigenvalue weighted by atomic mass is 16.3. The lowest BCUT2D eigenvalue weighted by atomic mass is 10.0. The summed E-state index contributed by atoms with van der Waals surface area (Å²) in [4.78, 5) is 6.72. The number of nitrogens with one attached hydrogen (secondary N) is 1. The van der Waals surface area contributed by atoms with Gasteiger partial charge in [-0.05, 0) is 38.0 Å². The molecule has 112 valence electrons. The average Bonchev–Trinajstić information content (AvgIpc) is 3.00. The summed E-state index contributed by atoms with van der Waals surface area (Å²) in [7, 11) is 0. The summed E-state index contributed by atoms with van der Waals surface area (Å²) in [6, 6.07) is 6.09. The van der Waals surface area contributed by atoms with E-state index in [0.29, 0.717) is 6.54 Å². The Hall–Kier alpha value is -1.72. The number of aliphatic hydroxyl groups is 1. The molecule has 0 saturated carbocycles. The Morgan fingerprint density at radius 1 is 1.38 bits per heavy atom. The molecular weight excluding hydrogens is 264 g/mol. The molecule has 0 amide bonds. The van der Waals surface area contributed by atoms with Crippen LogP contribution in [0, 0.1) is 19.8 Å². The van der Waals surface area contributed by atoms with Crippen molar-refractivity contribution in [2.24, 2.45) is 5.92 Å². The molecule has 0 radical (unpaired) electrons. The van der Waals surface area contributed by atoms with Gasteiger partial charge >= 0.3 is 0 Å². The molecule has 5 nitrogen and oxygen atoms in total. The van der Waals surface area contributed by atoms with Gasteiger partial charge in [-0.1, -0.05) is 6.07 Å². The van der Waals surface area contributed by atoms with Crippen LogP contribution in [0.5, 0.6) is 0 Å². The van der Waals surface area contributed by atoms with Crippen molar-refractivity contribution in [2.45, 2.75) is 32.9 Å². The molecule has 0 aromatic carbocycles. The maximum Gasteiger partial charge on any atom is 0.0711 e. The molecule has 0 unspecified atom stereocenters. The van der Waals surface area contributed by atoms with E-state index in [1.807, 2.05) is 19.2 Å². The summed E-state index contributed by atoms with van der Waals surface area (Å²) in [5.74, 6) is 0.247. The highest BCUT2D eigenvalue weighted by Crippen LogP contribution is 2.23. The summed E-state index contributed by atoms with van der Waals surface area (Å²) in [5.41, 5.74) is 4.41. The van der Waals surface area contributed by atoms with Crippen LogP contribution in [0.25, 0.3) is 0 Å². The van der Waals surface area contributed by atoms with Crippen molar-refractivity contribution in [1.82, 2.24) is 20.1 Å². The number of aromatic amines is 1. The predicted octanol–water partition coefficient (Wildman–Crippen LogP) is 1.46. The largest absolute Gasteiger partial charge is 0.391 e. The fraction of sp³-hybridized carbons (Fsp3) is 0.500. The molecule has 2 N–H and O–H groups in total. The maximum absolute atomic E-state index is 10.3. The number of likely N-dealkylation sites (tertiary alicyclic amines) is 1. The predicted molar refractivity (Wildman–Crippen MR) is 80.8 cm³/mol. The van der Waals surface area contributed by atoms with E-state index in [4.69, 9.17) is 0 Å². The van der Waals surface area contributed by atoms with Gasteiger partial charge in [-0.2, -0.15) is 5.10 Å². The average molecular weight is 286 g/mol. The number of rotatable bonds is 4. The Morgan fingerprint density at radius 3 is 2.95 bits per heavy atom. The van der Waals surface area contributed by atoms with E-state index in [0.717, 1.165) is 36.6 Å². The van der Waals surface area contributed by atoms with Gasteiger partial charge in [0.25, 0.3) is 0 Å². The zero-order valence-corrected chi connectivity index (χ0v) is 12.6. The molecule has 1 saturated heterocycles. The lowest BCUT2D eigenvalue weighted by Gasteiger charge is -2.16. The summed E-state index contributed by atoms with van der Waals surface area (Å²) in [5, 5.41) is 17.5. The smallest absolute Gasteiger partial charge is 0.0711 e. The molecule has 0 aliphatic carbocycles. The zero-order chi connectivity index (χ0) is 14.8. The number of nitrogens with zero attached hydrogens (tertiary/aromatic N) is 3. The van der Waals surface area contributed by atoms with E-state index in [1.165, 1.54) is 5.56 Å². The van der Waals surface area contributed by atoms with E-state index in [2.05, 4.69) is 39.1 Å². The normalized spacial score (nSPS) is 22.8. The second-order valence-electron chi connectivity index (χ2n) is 6.03. The van der Waals surface area contributed by atoms with Gasteiger partial charge in [-0.25, -0.2) is 0 Å². The highest BCUT2D eigenvalue weighted by molar-refractivity contribution is 5.18. The molecule has 3 rings (SSSR count). The number of aliphatic hydroxyl groups excluding tert-OH is 1. The molecule has 0 spiro atoms. The fourth-order valence-electron chi connectivity index (χ4n) is 3.01. The van der Waals surface area contributed by atoms with Crippen molar-refractivity contribution in [1.29, 1.82) is 0 Å². The van der Waals surface area contributed by atoms with Gasteiger partial charge in [-0.15, -0.1) is 0 Å². The zero-order valence-electron chi connectivity index (χ0n) is 12.6. The highest BCUT2D eigenvalue weighted by Gasteiger charge is 2.32. The first kappa shape index (κ1) is 14.2. The minimum Gasteiger partial charge on any atom is -0.391 e. The van der Waals surface area contributed by atoms with Gasteiger partial charge in [0.2, 0.25) is 0 Å². The fourth-order valence-corrected chi connectivity index (χ4v) is 3.01. The topological polar surface area (TPSA) is 65.0 Å². The van der Waals surface area contributed by atoms with Crippen LogP contribution in [-0.4, -0.2) is 44.4 Å². The number of aromatic nitrogens is 3. The molecule has 0 bridgehead atoms. The van der Waals surface area contributed by atoms with Crippen LogP contribution >= 0.6 is 0 Å². The maximum atomic E-state index is 10.3. The van der Waals surface area contributed by atoms with E-state index in [1.54, 1.807) is 0 Å². The SMILES string of the molecule is Cc1cc(C[C@@H]2CN(Cc3ncccc3C)C[C@@H]2O)n[nH]1. The number of H-pyrrole nitrogens is 1. The first-order valence-corrected chi connectivity index (χ1v) is 7.43. The Bertz CT molecular complexity index is 610. The van der Waals surface area contributed by atoms with Gasteiger partial charge in [0, 0.05) is 37.4 Å². The van der Waals surface area contributed by atoms with Crippen molar-refractivity contribution in [3.8, 4) is 0 Å². The number of hydrogen-bond acceptors (Lipinski definition) is 4. The van der Waals surface area contributed by atoms with Gasteiger partial charge in [-0.3, -0.25) is 15.0 Å². The molecular formula is C16H22N4O. The third kappa shape index (κ3) is 3.31. The van der Waals surface area contributed by atoms with E-state index in [-0.39, 0.29) is 12.0 Å². The Labute approximate surface area is 125 Å². The van der Waals surface area contributed by atoms with Crippen LogP contribution < -0.4 is 0 Å². The third-order valence-corrected chi connectivity index (χ3v) is 4.20. The third-order valence-electron chi connectivity index (χ3n) is 4.20. The Morgan fingerprint density at radius 2 is 2.24 bits per heavy atom. The summed E-state index contributed by atoms with van der Waals surface area (Å²) >= 11 is 0. The van der Waals surface area contributed by atoms with Crippen molar-refractivity contribution < 1.29 is 5.11 Å². The van der Waals surface area contributed by atoms with Crippen LogP contribution in [0.1, 0.15) is 22.6 Å². The van der Waals surface area contributed by atoms with Crippen molar-refractivity contribution in [3.63, 3.8) is 0 Å². The quantitative estimate of drug-likeness (QED) is 0.893. The number of aryl methyl sites for hydroxylation is 2. The molecule has 2 aromatic heterocycles. The minimum absolute atomic E-state index is 0.247. The Kier molecular flexibility index (Phi) is 4.03. The summed E-state index contributed by atoms with van der Waals surface area (Å²) < 4.78 is 0. The van der Waals surface area contributed by atoms with Gasteiger partial charge in [0.15, 0.2) is 0 Å². The van der Waals surface area contributed by atoms with Crippen LogP contribution in [-0.2, 0) is 13.0 Å². The molecule has 2 atom stereocenters. The van der Waals surface area contributed by atoms with Gasteiger partial charge in [0.05, 0.1) is 17.5 Å². The summed E-state index contributed by atoms with van der Waals surface area (Å²) in [6.07, 6.45) is 2.37. The van der Waals surface area contributed by atoms with E-state index < -0.39 is 0 Å². The Balaban J connectivity index is 1.62. The molecule has 1 aliphatic rings. The molecule has 2 aromatic rings. The summed E-state index contributed by atoms with van der Waals surface area (Å²) in [6.45, 7) is 6.49. The van der Waals surface area contributed by atoms with Crippen LogP contribution in [0.4, 0.5) is 0 Å². The standard InChI is InChI=1S/C16H22N4O/c1-11-4-3-5-17-15(11)9-20-8-13(16(21)10-20)7-14-6-12(2)18-19-14/h3-6,13,16,21H,7-10H2,1-2H3,(H,18,19)/t13-,16+/m1/s1. The molecule has 21 heavy (non-hydrogen) atoms. The monoisotopic (exact) mass is 286 g/mol. The van der Waals surface area contributed by atoms with Crippen molar-refractivity contribution in [2.75, 3.05) is 13.1 Å². The van der Waals surface area contributed by atoms with Crippen molar-refractivity contribution >= 4 is 0 Å². The second-order valence-corrected chi connectivity index (χ2v) is 6.03. The van der Waals surface area contributed by atoms with E-state index >= 15 is 0 Å². The van der Waals surface area contributed by atoms with Crippen LogP contribution in [0.3, 0.4) is 0 Å². The second kappa shape index (κ2) is 5.95. The van der Waals surface area contributed by atoms with E-state index in [9.17, 15) is 5.11 Å². The van der Waals surface area contributed by atoms with Crippen molar-refractivity contribution in [3.05, 3.63) is 47.0 Å². The number of β-amino-alcohol motifs (C(OH)–C–C–N with tert-alkyl or cyclic N) is 1. The molecule has 1 fully saturated rings. The first-order chi connectivity index (χ1) is 10.1. The molecule has 5 heteroatoms.